The molecule has 0 aliphatic heterocycles. The van der Waals surface area contributed by atoms with E-state index in [1.165, 1.54) is 12.7 Å². The van der Waals surface area contributed by atoms with Gasteiger partial charge < -0.3 is 4.74 Å². The average molecular weight is 342 g/mol. The second-order valence-electron chi connectivity index (χ2n) is 8.68. The van der Waals surface area contributed by atoms with Gasteiger partial charge in [0, 0.05) is 23.7 Å². The molecule has 0 spiro atoms. The van der Waals surface area contributed by atoms with Crippen molar-refractivity contribution in [3.05, 3.63) is 23.3 Å². The van der Waals surface area contributed by atoms with Gasteiger partial charge >= 0.3 is 5.97 Å². The fraction of sp³-hybridized carbons (Fsp3) is 0.667. The molecule has 0 radical (unpaired) electrons. The highest BCUT2D eigenvalue weighted by atomic mass is 16.5. The summed E-state index contributed by atoms with van der Waals surface area (Å²) in [6, 6.07) is 0. The minimum atomic E-state index is -0.345. The molecule has 4 rings (SSSR count). The molecule has 4 aliphatic carbocycles. The molecule has 2 fully saturated rings. The third-order valence-electron chi connectivity index (χ3n) is 7.61. The van der Waals surface area contributed by atoms with E-state index in [0.717, 1.165) is 24.8 Å². The lowest BCUT2D eigenvalue weighted by Crippen LogP contribution is -2.50. The summed E-state index contributed by atoms with van der Waals surface area (Å²) in [6.45, 7) is 4.30. The smallest absolute Gasteiger partial charge is 0.309 e. The number of carbonyl (C=O) groups excluding carboxylic acids is 3. The maximum absolute atomic E-state index is 12.6. The van der Waals surface area contributed by atoms with Gasteiger partial charge in [0.15, 0.2) is 5.78 Å². The molecule has 1 unspecified atom stereocenters. The van der Waals surface area contributed by atoms with E-state index in [9.17, 15) is 14.4 Å². The van der Waals surface area contributed by atoms with Crippen molar-refractivity contribution in [2.75, 3.05) is 7.11 Å². The standard InChI is InChI=1S/C21H26O4/c1-20-8-6-13(22)10-12(20)11-14(19(24)25-3)18-15-4-5-17(23)21(15,2)9-7-16(18)20/h7,10,14-15,18H,4-6,8-9,11H2,1-3H3/t14-,15?,18+,20+,21+/m1/s1. The van der Waals surface area contributed by atoms with Gasteiger partial charge in [0.2, 0.25) is 0 Å². The van der Waals surface area contributed by atoms with Gasteiger partial charge in [0.25, 0.3) is 0 Å². The first kappa shape index (κ1) is 16.7. The van der Waals surface area contributed by atoms with Crippen molar-refractivity contribution in [2.45, 2.75) is 52.4 Å². The summed E-state index contributed by atoms with van der Waals surface area (Å²) in [4.78, 5) is 37.2. The van der Waals surface area contributed by atoms with Gasteiger partial charge in [-0.15, -0.1) is 0 Å². The zero-order valence-corrected chi connectivity index (χ0v) is 15.3. The molecule has 4 nitrogen and oxygen atoms in total. The number of rotatable bonds is 1. The van der Waals surface area contributed by atoms with Crippen LogP contribution in [-0.2, 0) is 19.1 Å². The van der Waals surface area contributed by atoms with E-state index in [2.05, 4.69) is 19.9 Å². The maximum atomic E-state index is 12.6. The number of esters is 1. The molecule has 2 saturated carbocycles. The zero-order valence-electron chi connectivity index (χ0n) is 15.3. The number of allylic oxidation sites excluding steroid dienone is 4. The first-order valence-electron chi connectivity index (χ1n) is 9.37. The van der Waals surface area contributed by atoms with Crippen LogP contribution in [0.15, 0.2) is 23.3 Å². The lowest BCUT2D eigenvalue weighted by molar-refractivity contribution is -0.150. The van der Waals surface area contributed by atoms with Crippen molar-refractivity contribution >= 4 is 17.5 Å². The molecule has 0 saturated heterocycles. The van der Waals surface area contributed by atoms with E-state index in [4.69, 9.17) is 4.74 Å². The Balaban J connectivity index is 1.86. The summed E-state index contributed by atoms with van der Waals surface area (Å²) in [5.74, 6) is 0.277. The number of fused-ring (bicyclic) bond motifs is 5. The molecule has 0 N–H and O–H groups in total. The molecule has 4 aliphatic rings. The van der Waals surface area contributed by atoms with Crippen molar-refractivity contribution in [3.8, 4) is 0 Å². The molecular formula is C21H26O4. The summed E-state index contributed by atoms with van der Waals surface area (Å²) in [5, 5.41) is 0. The van der Waals surface area contributed by atoms with Crippen LogP contribution in [0.2, 0.25) is 0 Å². The summed E-state index contributed by atoms with van der Waals surface area (Å²) in [6.07, 6.45) is 8.18. The molecule has 0 amide bonds. The molecule has 0 aromatic heterocycles. The number of carbonyl (C=O) groups is 3. The van der Waals surface area contributed by atoms with Gasteiger partial charge in [-0.05, 0) is 43.6 Å². The molecule has 0 aromatic rings. The van der Waals surface area contributed by atoms with Crippen LogP contribution < -0.4 is 0 Å². The first-order valence-corrected chi connectivity index (χ1v) is 9.37. The molecular weight excluding hydrogens is 316 g/mol. The normalized spacial score (nSPS) is 42.8. The van der Waals surface area contributed by atoms with Crippen LogP contribution in [0.4, 0.5) is 0 Å². The third-order valence-corrected chi connectivity index (χ3v) is 7.61. The van der Waals surface area contributed by atoms with E-state index in [-0.39, 0.29) is 40.3 Å². The van der Waals surface area contributed by atoms with Crippen LogP contribution in [0, 0.1) is 28.6 Å². The predicted molar refractivity (Wildman–Crippen MR) is 92.6 cm³/mol. The highest BCUT2D eigenvalue weighted by Crippen LogP contribution is 2.63. The number of ketones is 2. The van der Waals surface area contributed by atoms with Crippen LogP contribution >= 0.6 is 0 Å². The third kappa shape index (κ3) is 2.15. The molecule has 134 valence electrons. The topological polar surface area (TPSA) is 60.4 Å². The fourth-order valence-electron chi connectivity index (χ4n) is 6.02. The molecule has 4 heteroatoms. The van der Waals surface area contributed by atoms with Crippen molar-refractivity contribution in [1.82, 2.24) is 0 Å². The predicted octanol–water partition coefficient (Wildman–Crippen LogP) is 3.41. The fourth-order valence-corrected chi connectivity index (χ4v) is 6.02. The number of methoxy groups -OCH3 is 1. The SMILES string of the molecule is COC(=O)[C@@H]1CC2=CC(=O)CC[C@]2(C)C2=CC[C@]3(C)C(=O)CCC3[C@@H]21. The Hall–Kier alpha value is -1.71. The van der Waals surface area contributed by atoms with Gasteiger partial charge in [0.05, 0.1) is 13.0 Å². The van der Waals surface area contributed by atoms with E-state index < -0.39 is 0 Å². The van der Waals surface area contributed by atoms with E-state index >= 15 is 0 Å². The largest absolute Gasteiger partial charge is 0.469 e. The Morgan fingerprint density at radius 3 is 2.72 bits per heavy atom. The zero-order chi connectivity index (χ0) is 18.0. The molecule has 5 atom stereocenters. The monoisotopic (exact) mass is 342 g/mol. The summed E-state index contributed by atoms with van der Waals surface area (Å²) < 4.78 is 5.12. The van der Waals surface area contributed by atoms with Crippen LogP contribution in [-0.4, -0.2) is 24.6 Å². The maximum Gasteiger partial charge on any atom is 0.309 e. The van der Waals surface area contributed by atoms with Crippen LogP contribution in [0.1, 0.15) is 52.4 Å². The summed E-state index contributed by atoms with van der Waals surface area (Å²) in [7, 11) is 1.43. The second kappa shape index (κ2) is 5.39. The van der Waals surface area contributed by atoms with Gasteiger partial charge in [-0.1, -0.05) is 31.1 Å². The van der Waals surface area contributed by atoms with Crippen LogP contribution in [0.5, 0.6) is 0 Å². The molecule has 25 heavy (non-hydrogen) atoms. The van der Waals surface area contributed by atoms with Crippen molar-refractivity contribution in [2.24, 2.45) is 28.6 Å². The Kier molecular flexibility index (Phi) is 3.61. The van der Waals surface area contributed by atoms with Crippen LogP contribution in [0.3, 0.4) is 0 Å². The average Bonchev–Trinajstić information content (AvgIpc) is 2.89. The summed E-state index contributed by atoms with van der Waals surface area (Å²) in [5.41, 5.74) is 1.87. The highest BCUT2D eigenvalue weighted by molar-refractivity contribution is 5.92. The summed E-state index contributed by atoms with van der Waals surface area (Å²) >= 11 is 0. The molecule has 0 aromatic carbocycles. The van der Waals surface area contributed by atoms with Gasteiger partial charge in [0.1, 0.15) is 5.78 Å². The van der Waals surface area contributed by atoms with E-state index in [1.807, 2.05) is 0 Å². The number of hydrogen-bond acceptors (Lipinski definition) is 4. The number of ether oxygens (including phenoxy) is 1. The quantitative estimate of drug-likeness (QED) is 0.541. The second-order valence-corrected chi connectivity index (χ2v) is 8.68. The Labute approximate surface area is 148 Å². The van der Waals surface area contributed by atoms with E-state index in [0.29, 0.717) is 25.0 Å². The van der Waals surface area contributed by atoms with Gasteiger partial charge in [-0.3, -0.25) is 14.4 Å². The van der Waals surface area contributed by atoms with Crippen LogP contribution in [0.25, 0.3) is 0 Å². The highest BCUT2D eigenvalue weighted by Gasteiger charge is 2.59. The van der Waals surface area contributed by atoms with E-state index in [1.54, 1.807) is 6.08 Å². The Bertz CT molecular complexity index is 730. The minimum absolute atomic E-state index is 0.0630. The van der Waals surface area contributed by atoms with Crippen molar-refractivity contribution in [3.63, 3.8) is 0 Å². The van der Waals surface area contributed by atoms with Crippen molar-refractivity contribution < 1.29 is 19.1 Å². The molecule has 0 heterocycles. The number of hydrogen-bond donors (Lipinski definition) is 0. The molecule has 0 bridgehead atoms. The van der Waals surface area contributed by atoms with Gasteiger partial charge in [-0.25, -0.2) is 0 Å². The first-order chi connectivity index (χ1) is 11.8. The lowest BCUT2D eigenvalue weighted by atomic mass is 9.49. The minimum Gasteiger partial charge on any atom is -0.469 e. The Morgan fingerprint density at radius 2 is 2.00 bits per heavy atom. The van der Waals surface area contributed by atoms with Crippen molar-refractivity contribution in [1.29, 1.82) is 0 Å². The van der Waals surface area contributed by atoms with Gasteiger partial charge in [-0.2, -0.15) is 0 Å². The number of Topliss-reactive ketones (excluding diaryl/α,β-unsaturated/α-hetero) is 1. The lowest BCUT2D eigenvalue weighted by Gasteiger charge is -2.54. The Morgan fingerprint density at radius 1 is 1.24 bits per heavy atom.